The van der Waals surface area contributed by atoms with Crippen LogP contribution in [0.4, 0.5) is 4.39 Å². The van der Waals surface area contributed by atoms with E-state index in [4.69, 9.17) is 4.74 Å². The molecule has 3 fully saturated rings. The van der Waals surface area contributed by atoms with Gasteiger partial charge in [0.2, 0.25) is 0 Å². The highest BCUT2D eigenvalue weighted by Crippen LogP contribution is 2.50. The number of hydrogen-bond donors (Lipinski definition) is 0. The summed E-state index contributed by atoms with van der Waals surface area (Å²) in [6.45, 7) is 2.99. The van der Waals surface area contributed by atoms with Crippen molar-refractivity contribution in [2.75, 3.05) is 6.61 Å². The first-order valence-corrected chi connectivity index (χ1v) is 11.1. The van der Waals surface area contributed by atoms with E-state index in [0.717, 1.165) is 30.3 Å². The van der Waals surface area contributed by atoms with Crippen LogP contribution in [0.25, 0.3) is 0 Å². The second kappa shape index (κ2) is 8.42. The minimum Gasteiger partial charge on any atom is -0.379 e. The highest BCUT2D eigenvalue weighted by Gasteiger charge is 2.39. The molecule has 0 aliphatic heterocycles. The van der Waals surface area contributed by atoms with Gasteiger partial charge >= 0.3 is 0 Å². The Hall–Kier alpha value is -0.890. The second-order valence-electron chi connectivity index (χ2n) is 9.15. The van der Waals surface area contributed by atoms with Crippen LogP contribution in [-0.4, -0.2) is 12.7 Å². The Morgan fingerprint density at radius 1 is 0.769 bits per heavy atom. The summed E-state index contributed by atoms with van der Waals surface area (Å²) < 4.78 is 19.0. The Morgan fingerprint density at radius 3 is 2.04 bits per heavy atom. The molecule has 4 atom stereocenters. The predicted molar refractivity (Wildman–Crippen MR) is 105 cm³/mol. The maximum Gasteiger partial charge on any atom is 0.123 e. The first-order valence-electron chi connectivity index (χ1n) is 11.1. The van der Waals surface area contributed by atoms with Crippen molar-refractivity contribution in [1.29, 1.82) is 0 Å². The molecule has 0 bridgehead atoms. The number of ether oxygens (including phenoxy) is 1. The normalized spacial score (nSPS) is 37.9. The van der Waals surface area contributed by atoms with Gasteiger partial charge in [-0.05, 0) is 118 Å². The summed E-state index contributed by atoms with van der Waals surface area (Å²) in [6, 6.07) is 7.30. The van der Waals surface area contributed by atoms with Crippen molar-refractivity contribution in [3.05, 3.63) is 35.6 Å². The third-order valence-electron chi connectivity index (χ3n) is 7.78. The van der Waals surface area contributed by atoms with Crippen LogP contribution in [0.5, 0.6) is 0 Å². The summed E-state index contributed by atoms with van der Waals surface area (Å²) >= 11 is 0. The number of hydrogen-bond acceptors (Lipinski definition) is 1. The smallest absolute Gasteiger partial charge is 0.123 e. The van der Waals surface area contributed by atoms with E-state index in [2.05, 4.69) is 6.92 Å². The Bertz CT molecular complexity index is 560. The van der Waals surface area contributed by atoms with Gasteiger partial charge in [-0.25, -0.2) is 4.39 Å². The molecule has 4 rings (SSSR count). The van der Waals surface area contributed by atoms with Crippen LogP contribution >= 0.6 is 0 Å². The van der Waals surface area contributed by atoms with Gasteiger partial charge in [-0.2, -0.15) is 0 Å². The van der Waals surface area contributed by atoms with Crippen LogP contribution in [0, 0.1) is 29.5 Å². The van der Waals surface area contributed by atoms with Crippen molar-refractivity contribution in [2.24, 2.45) is 23.7 Å². The summed E-state index contributed by atoms with van der Waals surface area (Å²) in [4.78, 5) is 0. The molecule has 0 spiro atoms. The molecule has 3 aliphatic rings. The van der Waals surface area contributed by atoms with Crippen molar-refractivity contribution >= 4 is 0 Å². The van der Waals surface area contributed by atoms with E-state index in [0.29, 0.717) is 12.0 Å². The predicted octanol–water partition coefficient (Wildman–Crippen LogP) is 6.72. The molecular weight excluding hydrogens is 323 g/mol. The fourth-order valence-corrected chi connectivity index (χ4v) is 6.35. The van der Waals surface area contributed by atoms with Crippen LogP contribution in [-0.2, 0) is 4.74 Å². The first-order chi connectivity index (χ1) is 12.7. The summed E-state index contributed by atoms with van der Waals surface area (Å²) in [6.07, 6.45) is 14.3. The average Bonchev–Trinajstić information content (AvgIpc) is 2.69. The lowest BCUT2D eigenvalue weighted by Crippen LogP contribution is -2.35. The zero-order valence-corrected chi connectivity index (χ0v) is 16.3. The fourth-order valence-electron chi connectivity index (χ4n) is 6.35. The first kappa shape index (κ1) is 18.5. The standard InChI is InChI=1S/C24H35FO/c1-2-26-24-13-9-18(10-14-24)20-4-6-21-15-19(3-5-22(21)16-20)17-7-11-23(25)12-8-17/h7-8,11-12,18-22,24H,2-6,9-10,13-16H2,1H3/t18?,19-,20?,21-,22-,24?/m1/s1. The Labute approximate surface area is 158 Å². The largest absolute Gasteiger partial charge is 0.379 e. The van der Waals surface area contributed by atoms with Gasteiger partial charge in [0.05, 0.1) is 6.10 Å². The molecule has 0 saturated heterocycles. The Balaban J connectivity index is 1.29. The quantitative estimate of drug-likeness (QED) is 0.580. The minimum absolute atomic E-state index is 0.109. The van der Waals surface area contributed by atoms with E-state index in [-0.39, 0.29) is 5.82 Å². The molecule has 1 unspecified atom stereocenters. The lowest BCUT2D eigenvalue weighted by Gasteiger charge is -2.45. The van der Waals surface area contributed by atoms with Gasteiger partial charge < -0.3 is 4.74 Å². The SMILES string of the molecule is CCOC1CCC(C2CC[C@@H]3C[C@H](c4ccc(F)cc4)CC[C@@H]3C2)CC1. The molecule has 144 valence electrons. The highest BCUT2D eigenvalue weighted by molar-refractivity contribution is 5.21. The lowest BCUT2D eigenvalue weighted by atomic mass is 9.60. The van der Waals surface area contributed by atoms with Gasteiger partial charge in [-0.1, -0.05) is 12.1 Å². The monoisotopic (exact) mass is 358 g/mol. The molecule has 0 heterocycles. The van der Waals surface area contributed by atoms with Crippen LogP contribution in [0.3, 0.4) is 0 Å². The van der Waals surface area contributed by atoms with E-state index in [1.807, 2.05) is 12.1 Å². The number of fused-ring (bicyclic) bond motifs is 1. The van der Waals surface area contributed by atoms with E-state index in [9.17, 15) is 4.39 Å². The molecule has 2 heteroatoms. The van der Waals surface area contributed by atoms with Crippen LogP contribution in [0.15, 0.2) is 24.3 Å². The van der Waals surface area contributed by atoms with Gasteiger partial charge in [-0.15, -0.1) is 0 Å². The molecule has 26 heavy (non-hydrogen) atoms. The zero-order chi connectivity index (χ0) is 17.9. The highest BCUT2D eigenvalue weighted by atomic mass is 19.1. The van der Waals surface area contributed by atoms with E-state index in [1.54, 1.807) is 12.1 Å². The molecule has 3 aliphatic carbocycles. The third-order valence-corrected chi connectivity index (χ3v) is 7.78. The third kappa shape index (κ3) is 4.16. The number of benzene rings is 1. The van der Waals surface area contributed by atoms with Gasteiger partial charge in [0.25, 0.3) is 0 Å². The molecule has 0 aromatic heterocycles. The molecule has 1 aromatic carbocycles. The van der Waals surface area contributed by atoms with Crippen molar-refractivity contribution in [3.8, 4) is 0 Å². The zero-order valence-electron chi connectivity index (χ0n) is 16.3. The minimum atomic E-state index is -0.109. The van der Waals surface area contributed by atoms with Crippen molar-refractivity contribution in [3.63, 3.8) is 0 Å². The maximum absolute atomic E-state index is 13.2. The van der Waals surface area contributed by atoms with Crippen molar-refractivity contribution in [1.82, 2.24) is 0 Å². The van der Waals surface area contributed by atoms with E-state index in [1.165, 1.54) is 69.8 Å². The molecule has 0 N–H and O–H groups in total. The second-order valence-corrected chi connectivity index (χ2v) is 9.15. The molecule has 1 aromatic rings. The topological polar surface area (TPSA) is 9.23 Å². The van der Waals surface area contributed by atoms with E-state index < -0.39 is 0 Å². The molecular formula is C24H35FO. The van der Waals surface area contributed by atoms with Crippen LogP contribution in [0.2, 0.25) is 0 Å². The van der Waals surface area contributed by atoms with Crippen LogP contribution in [0.1, 0.15) is 82.6 Å². The summed E-state index contributed by atoms with van der Waals surface area (Å²) in [5, 5.41) is 0. The van der Waals surface area contributed by atoms with Gasteiger partial charge in [0.15, 0.2) is 0 Å². The van der Waals surface area contributed by atoms with Crippen LogP contribution < -0.4 is 0 Å². The fraction of sp³-hybridized carbons (Fsp3) is 0.750. The van der Waals surface area contributed by atoms with Crippen molar-refractivity contribution in [2.45, 2.75) is 83.2 Å². The lowest BCUT2D eigenvalue weighted by molar-refractivity contribution is 0.00583. The molecule has 0 amide bonds. The molecule has 1 nitrogen and oxygen atoms in total. The number of halogens is 1. The molecule has 3 saturated carbocycles. The van der Waals surface area contributed by atoms with E-state index >= 15 is 0 Å². The van der Waals surface area contributed by atoms with Gasteiger partial charge in [0.1, 0.15) is 5.82 Å². The average molecular weight is 359 g/mol. The Morgan fingerprint density at radius 2 is 1.35 bits per heavy atom. The summed E-state index contributed by atoms with van der Waals surface area (Å²) in [5.41, 5.74) is 1.36. The van der Waals surface area contributed by atoms with Gasteiger partial charge in [0, 0.05) is 6.61 Å². The summed E-state index contributed by atoms with van der Waals surface area (Å²) in [5.74, 6) is 4.35. The number of rotatable bonds is 4. The summed E-state index contributed by atoms with van der Waals surface area (Å²) in [7, 11) is 0. The van der Waals surface area contributed by atoms with Crippen molar-refractivity contribution < 1.29 is 9.13 Å². The van der Waals surface area contributed by atoms with Gasteiger partial charge in [-0.3, -0.25) is 0 Å². The maximum atomic E-state index is 13.2. The Kier molecular flexibility index (Phi) is 5.98. The molecule has 0 radical (unpaired) electrons.